The lowest BCUT2D eigenvalue weighted by atomic mass is 9.44. The van der Waals surface area contributed by atoms with Crippen LogP contribution in [0, 0.1) is 34.5 Å². The molecule has 0 aromatic carbocycles. The van der Waals surface area contributed by atoms with Gasteiger partial charge < -0.3 is 13.7 Å². The predicted molar refractivity (Wildman–Crippen MR) is 126 cm³/mol. The van der Waals surface area contributed by atoms with Gasteiger partial charge in [-0.3, -0.25) is 0 Å². The van der Waals surface area contributed by atoms with Crippen LogP contribution in [0.15, 0.2) is 0 Å². The molecule has 4 saturated carbocycles. The molecule has 170 valence electrons. The highest BCUT2D eigenvalue weighted by Gasteiger charge is 2.68. The summed E-state index contributed by atoms with van der Waals surface area (Å²) in [6.07, 6.45) is 14.2. The number of hydrogen-bond donors (Lipinski definition) is 0. The van der Waals surface area contributed by atoms with Gasteiger partial charge in [-0.15, -0.1) is 0 Å². The third-order valence-electron chi connectivity index (χ3n) is 10.6. The normalized spacial score (nSPS) is 51.4. The maximum absolute atomic E-state index is 7.24. The minimum Gasteiger partial charge on any atom is -0.409 e. The molecule has 3 unspecified atom stereocenters. The van der Waals surface area contributed by atoms with Crippen molar-refractivity contribution in [2.24, 2.45) is 34.5 Å². The number of rotatable bonds is 3. The van der Waals surface area contributed by atoms with Crippen LogP contribution in [-0.2, 0) is 13.7 Å². The van der Waals surface area contributed by atoms with E-state index in [9.17, 15) is 0 Å². The van der Waals surface area contributed by atoms with Crippen molar-refractivity contribution in [1.29, 1.82) is 0 Å². The van der Waals surface area contributed by atoms with Crippen LogP contribution >= 0.6 is 0 Å². The summed E-state index contributed by atoms with van der Waals surface area (Å²) in [7, 11) is -1.82. The second-order valence-corrected chi connectivity index (χ2v) is 17.5. The highest BCUT2D eigenvalue weighted by Crippen LogP contribution is 2.70. The van der Waals surface area contributed by atoms with Crippen molar-refractivity contribution >= 4 is 15.4 Å². The zero-order valence-electron chi connectivity index (χ0n) is 20.5. The van der Waals surface area contributed by atoms with Crippen molar-refractivity contribution < 1.29 is 13.7 Å². The average Bonchev–Trinajstić information content (AvgIpc) is 3.22. The lowest BCUT2D eigenvalue weighted by Gasteiger charge is -2.62. The Hall–Kier alpha value is 0.162. The maximum Gasteiger partial charge on any atom is 0.453 e. The molecule has 30 heavy (non-hydrogen) atoms. The molecule has 4 aliphatic carbocycles. The van der Waals surface area contributed by atoms with Crippen molar-refractivity contribution in [1.82, 2.24) is 0 Å². The minimum absolute atomic E-state index is 0.0901. The molecule has 1 heterocycles. The lowest BCUT2D eigenvalue weighted by Crippen LogP contribution is -2.63. The van der Waals surface area contributed by atoms with Gasteiger partial charge in [-0.25, -0.2) is 0 Å². The third kappa shape index (κ3) is 3.15. The Bertz CT molecular complexity index is 667. The van der Waals surface area contributed by atoms with Crippen molar-refractivity contribution in [3.8, 4) is 0 Å². The SMILES string of the molecule is CB1OC[C@H]([C@@]2(O[Si](C)(C)C)CCC3C4CC[C@H]5CCCC[C@]5(C)C4CC[C@@]32C)O1. The number of hydrogen-bond acceptors (Lipinski definition) is 3. The van der Waals surface area contributed by atoms with Crippen LogP contribution in [0.3, 0.4) is 0 Å². The topological polar surface area (TPSA) is 27.7 Å². The molecule has 1 saturated heterocycles. The second kappa shape index (κ2) is 7.33. The molecule has 0 aromatic rings. The van der Waals surface area contributed by atoms with Gasteiger partial charge in [0.2, 0.25) is 0 Å². The monoisotopic (exact) mass is 432 g/mol. The largest absolute Gasteiger partial charge is 0.453 e. The van der Waals surface area contributed by atoms with Gasteiger partial charge >= 0.3 is 7.12 Å². The number of fused-ring (bicyclic) bond motifs is 5. The Balaban J connectivity index is 1.49. The summed E-state index contributed by atoms with van der Waals surface area (Å²) in [6.45, 7) is 15.1. The molecule has 1 aliphatic heterocycles. The fraction of sp³-hybridized carbons (Fsp3) is 1.00. The Morgan fingerprint density at radius 3 is 2.37 bits per heavy atom. The predicted octanol–water partition coefficient (Wildman–Crippen LogP) is 6.54. The van der Waals surface area contributed by atoms with Gasteiger partial charge in [-0.2, -0.15) is 0 Å². The van der Waals surface area contributed by atoms with Crippen LogP contribution in [0.2, 0.25) is 26.5 Å². The zero-order valence-corrected chi connectivity index (χ0v) is 21.5. The van der Waals surface area contributed by atoms with E-state index < -0.39 is 8.32 Å². The van der Waals surface area contributed by atoms with Gasteiger partial charge in [0.25, 0.3) is 0 Å². The first-order valence-electron chi connectivity index (χ1n) is 13.1. The first kappa shape index (κ1) is 22.0. The smallest absolute Gasteiger partial charge is 0.409 e. The molecule has 3 nitrogen and oxygen atoms in total. The van der Waals surface area contributed by atoms with Crippen LogP contribution in [0.5, 0.6) is 0 Å². The lowest BCUT2D eigenvalue weighted by molar-refractivity contribution is -0.171. The summed E-state index contributed by atoms with van der Waals surface area (Å²) in [5.74, 6) is 3.63. The summed E-state index contributed by atoms with van der Waals surface area (Å²) >= 11 is 0. The molecular weight excluding hydrogens is 387 g/mol. The van der Waals surface area contributed by atoms with Gasteiger partial charge in [-0.05, 0) is 107 Å². The van der Waals surface area contributed by atoms with Gasteiger partial charge in [0.1, 0.15) is 0 Å². The molecule has 0 radical (unpaired) electrons. The van der Waals surface area contributed by atoms with Crippen LogP contribution in [-0.4, -0.2) is 33.7 Å². The van der Waals surface area contributed by atoms with Crippen LogP contribution in [0.4, 0.5) is 0 Å². The molecule has 0 bridgehead atoms. The van der Waals surface area contributed by atoms with E-state index >= 15 is 0 Å². The third-order valence-corrected chi connectivity index (χ3v) is 11.6. The Morgan fingerprint density at radius 2 is 1.67 bits per heavy atom. The summed E-state index contributed by atoms with van der Waals surface area (Å²) in [4.78, 5) is 0. The van der Waals surface area contributed by atoms with Crippen LogP contribution in [0.1, 0.15) is 78.1 Å². The van der Waals surface area contributed by atoms with E-state index in [4.69, 9.17) is 13.7 Å². The fourth-order valence-electron chi connectivity index (χ4n) is 9.41. The van der Waals surface area contributed by atoms with Gasteiger partial charge in [0.15, 0.2) is 8.32 Å². The molecule has 0 N–H and O–H groups in total. The standard InChI is InChI=1S/C25H45BO3Si/c1-23-14-8-7-9-18(23)10-11-19-20(23)12-15-24(2)21(19)13-16-25(24,29-30(4,5)6)22-17-27-26(3)28-22/h18-22H,7-17H2,1-6H3/t18-,19?,20?,21?,22-,23+,24+,25+/m1/s1. The van der Waals surface area contributed by atoms with E-state index in [2.05, 4.69) is 40.3 Å². The van der Waals surface area contributed by atoms with Gasteiger partial charge in [0, 0.05) is 5.41 Å². The first-order valence-corrected chi connectivity index (χ1v) is 16.5. The molecule has 5 rings (SSSR count). The minimum atomic E-state index is -1.73. The van der Waals surface area contributed by atoms with Crippen molar-refractivity contribution in [2.75, 3.05) is 6.61 Å². The molecule has 5 aliphatic rings. The zero-order chi connectivity index (χ0) is 21.4. The van der Waals surface area contributed by atoms with Crippen molar-refractivity contribution in [2.45, 2.75) is 116 Å². The van der Waals surface area contributed by atoms with E-state index in [1.54, 1.807) is 0 Å². The highest BCUT2D eigenvalue weighted by molar-refractivity contribution is 6.69. The highest BCUT2D eigenvalue weighted by atomic mass is 28.4. The average molecular weight is 433 g/mol. The maximum atomic E-state index is 7.24. The molecule has 0 aromatic heterocycles. The summed E-state index contributed by atoms with van der Waals surface area (Å²) < 4.78 is 19.6. The van der Waals surface area contributed by atoms with E-state index in [0.717, 1.165) is 23.7 Å². The van der Waals surface area contributed by atoms with E-state index in [1.165, 1.54) is 64.2 Å². The molecule has 0 amide bonds. The van der Waals surface area contributed by atoms with Crippen molar-refractivity contribution in [3.05, 3.63) is 0 Å². The fourth-order valence-corrected chi connectivity index (χ4v) is 11.0. The Kier molecular flexibility index (Phi) is 5.37. The first-order chi connectivity index (χ1) is 14.1. The summed E-state index contributed by atoms with van der Waals surface area (Å²) in [6, 6.07) is 0. The van der Waals surface area contributed by atoms with Gasteiger partial charge in [0.05, 0.1) is 18.3 Å². The molecule has 8 atom stereocenters. The molecule has 5 heteroatoms. The van der Waals surface area contributed by atoms with Gasteiger partial charge in [-0.1, -0.05) is 26.7 Å². The summed E-state index contributed by atoms with van der Waals surface area (Å²) in [5.41, 5.74) is 0.682. The van der Waals surface area contributed by atoms with E-state index in [0.29, 0.717) is 12.0 Å². The molecule has 5 fully saturated rings. The summed E-state index contributed by atoms with van der Waals surface area (Å²) in [5, 5.41) is 0. The quantitative estimate of drug-likeness (QED) is 0.474. The van der Waals surface area contributed by atoms with Crippen LogP contribution in [0.25, 0.3) is 0 Å². The Labute approximate surface area is 186 Å². The van der Waals surface area contributed by atoms with Crippen molar-refractivity contribution in [3.63, 3.8) is 0 Å². The second-order valence-electron chi connectivity index (χ2n) is 13.0. The van der Waals surface area contributed by atoms with Crippen LogP contribution < -0.4 is 0 Å². The Morgan fingerprint density at radius 1 is 0.900 bits per heavy atom. The van der Waals surface area contributed by atoms with E-state index in [-0.39, 0.29) is 24.2 Å². The van der Waals surface area contributed by atoms with E-state index in [1.807, 2.05) is 0 Å². The molecular formula is C25H45BO3Si. The molecule has 0 spiro atoms.